The van der Waals surface area contributed by atoms with Crippen LogP contribution in [0, 0.1) is 10.1 Å². The summed E-state index contributed by atoms with van der Waals surface area (Å²) in [5.74, 6) is -0.261. The molecule has 2 rings (SSSR count). The molecular formula is C11H11BrN2O3. The topological polar surface area (TPSA) is 63.4 Å². The fourth-order valence-electron chi connectivity index (χ4n) is 1.97. The fraction of sp³-hybridized carbons (Fsp3) is 0.364. The molecule has 5 nitrogen and oxygen atoms in total. The lowest BCUT2D eigenvalue weighted by molar-refractivity contribution is -0.385. The molecular weight excluding hydrogens is 288 g/mol. The first-order chi connectivity index (χ1) is 7.93. The fourth-order valence-corrected chi connectivity index (χ4v) is 2.45. The highest BCUT2D eigenvalue weighted by Gasteiger charge is 2.37. The van der Waals surface area contributed by atoms with Gasteiger partial charge in [0.2, 0.25) is 0 Å². The van der Waals surface area contributed by atoms with Crippen LogP contribution in [0.25, 0.3) is 0 Å². The van der Waals surface area contributed by atoms with Crippen molar-refractivity contribution in [2.24, 2.45) is 0 Å². The van der Waals surface area contributed by atoms with E-state index in [1.54, 1.807) is 17.0 Å². The largest absolute Gasteiger partial charge is 0.332 e. The van der Waals surface area contributed by atoms with E-state index < -0.39 is 4.92 Å². The van der Waals surface area contributed by atoms with Gasteiger partial charge in [-0.15, -0.1) is 0 Å². The summed E-state index contributed by atoms with van der Waals surface area (Å²) < 4.78 is 0.347. The normalized spacial score (nSPS) is 14.4. The summed E-state index contributed by atoms with van der Waals surface area (Å²) in [5, 5.41) is 11.0. The summed E-state index contributed by atoms with van der Waals surface area (Å²) in [7, 11) is 0. The van der Waals surface area contributed by atoms with Crippen LogP contribution < -0.4 is 0 Å². The van der Waals surface area contributed by atoms with Gasteiger partial charge in [-0.1, -0.05) is 6.07 Å². The second-order valence-corrected chi connectivity index (χ2v) is 5.07. The van der Waals surface area contributed by atoms with Crippen molar-refractivity contribution < 1.29 is 9.72 Å². The zero-order chi connectivity index (χ0) is 12.7. The van der Waals surface area contributed by atoms with Crippen molar-refractivity contribution in [3.63, 3.8) is 0 Å². The Morgan fingerprint density at radius 3 is 2.65 bits per heavy atom. The minimum atomic E-state index is -0.509. The van der Waals surface area contributed by atoms with E-state index in [2.05, 4.69) is 15.9 Å². The van der Waals surface area contributed by atoms with Crippen LogP contribution in [0.15, 0.2) is 16.6 Å². The van der Waals surface area contributed by atoms with Crippen molar-refractivity contribution in [3.8, 4) is 0 Å². The highest BCUT2D eigenvalue weighted by atomic mass is 79.9. The van der Waals surface area contributed by atoms with Gasteiger partial charge in [-0.3, -0.25) is 14.9 Å². The minimum Gasteiger partial charge on any atom is -0.332 e. The van der Waals surface area contributed by atoms with Crippen molar-refractivity contribution in [1.29, 1.82) is 0 Å². The lowest BCUT2D eigenvalue weighted by Crippen LogP contribution is -2.31. The molecule has 90 valence electrons. The molecule has 0 radical (unpaired) electrons. The molecule has 6 heteroatoms. The zero-order valence-electron chi connectivity index (χ0n) is 9.44. The molecule has 1 amide bonds. The second-order valence-electron chi connectivity index (χ2n) is 4.21. The molecule has 1 aliphatic rings. The van der Waals surface area contributed by atoms with E-state index in [1.165, 1.54) is 0 Å². The molecule has 0 aromatic heterocycles. The van der Waals surface area contributed by atoms with Gasteiger partial charge in [-0.25, -0.2) is 0 Å². The number of nitro benzene ring substituents is 1. The number of nitrogens with zero attached hydrogens (tertiary/aromatic N) is 2. The number of halogens is 1. The number of benzene rings is 1. The van der Waals surface area contributed by atoms with E-state index >= 15 is 0 Å². The number of amides is 1. The van der Waals surface area contributed by atoms with Gasteiger partial charge in [-0.05, 0) is 41.4 Å². The maximum atomic E-state index is 12.1. The predicted octanol–water partition coefficient (Wildman–Crippen LogP) is 2.72. The molecule has 0 saturated carbocycles. The Morgan fingerprint density at radius 2 is 2.12 bits per heavy atom. The molecule has 1 aromatic rings. The maximum Gasteiger partial charge on any atom is 0.296 e. The summed E-state index contributed by atoms with van der Waals surface area (Å²) in [4.78, 5) is 24.2. The van der Waals surface area contributed by atoms with Crippen LogP contribution in [0.2, 0.25) is 0 Å². The SMILES string of the molecule is CC(C)N1Cc2ccc(Br)c([N+](=O)[O-])c2C1=O. The third-order valence-electron chi connectivity index (χ3n) is 2.84. The van der Waals surface area contributed by atoms with Crippen LogP contribution in [0.5, 0.6) is 0 Å². The Kier molecular flexibility index (Phi) is 2.91. The first kappa shape index (κ1) is 12.0. The van der Waals surface area contributed by atoms with Crippen molar-refractivity contribution in [3.05, 3.63) is 37.8 Å². The molecule has 0 N–H and O–H groups in total. The molecule has 0 atom stereocenters. The first-order valence-electron chi connectivity index (χ1n) is 5.20. The smallest absolute Gasteiger partial charge is 0.296 e. The molecule has 0 unspecified atom stereocenters. The Labute approximate surface area is 107 Å². The van der Waals surface area contributed by atoms with E-state index in [0.29, 0.717) is 11.0 Å². The number of hydrogen-bond acceptors (Lipinski definition) is 3. The van der Waals surface area contributed by atoms with Gasteiger partial charge in [0.25, 0.3) is 11.6 Å². The Morgan fingerprint density at radius 1 is 1.47 bits per heavy atom. The number of carbonyl (C=O) groups is 1. The van der Waals surface area contributed by atoms with Gasteiger partial charge in [0.05, 0.1) is 9.40 Å². The molecule has 1 heterocycles. The second kappa shape index (κ2) is 4.10. The molecule has 0 saturated heterocycles. The van der Waals surface area contributed by atoms with Crippen molar-refractivity contribution in [2.45, 2.75) is 26.4 Å². The quantitative estimate of drug-likeness (QED) is 0.623. The van der Waals surface area contributed by atoms with E-state index in [9.17, 15) is 14.9 Å². The average Bonchev–Trinajstić information content (AvgIpc) is 2.56. The third kappa shape index (κ3) is 1.82. The lowest BCUT2D eigenvalue weighted by atomic mass is 10.1. The van der Waals surface area contributed by atoms with Gasteiger partial charge in [0.15, 0.2) is 0 Å². The minimum absolute atomic E-state index is 0.0354. The van der Waals surface area contributed by atoms with Crippen LogP contribution >= 0.6 is 15.9 Å². The molecule has 1 aliphatic heterocycles. The van der Waals surface area contributed by atoms with E-state index in [-0.39, 0.29) is 23.2 Å². The van der Waals surface area contributed by atoms with Crippen LogP contribution in [0.4, 0.5) is 5.69 Å². The third-order valence-corrected chi connectivity index (χ3v) is 3.48. The van der Waals surface area contributed by atoms with Crippen LogP contribution in [0.1, 0.15) is 29.8 Å². The number of nitro groups is 1. The van der Waals surface area contributed by atoms with E-state index in [1.807, 2.05) is 13.8 Å². The summed E-state index contributed by atoms with van der Waals surface area (Å²) in [5.41, 5.74) is 0.812. The van der Waals surface area contributed by atoms with Gasteiger partial charge in [-0.2, -0.15) is 0 Å². The zero-order valence-corrected chi connectivity index (χ0v) is 11.0. The molecule has 1 aromatic carbocycles. The highest BCUT2D eigenvalue weighted by molar-refractivity contribution is 9.10. The van der Waals surface area contributed by atoms with Crippen molar-refractivity contribution in [1.82, 2.24) is 4.90 Å². The molecule has 0 aliphatic carbocycles. The van der Waals surface area contributed by atoms with Crippen LogP contribution in [0.3, 0.4) is 0 Å². The Hall–Kier alpha value is -1.43. The van der Waals surface area contributed by atoms with E-state index in [4.69, 9.17) is 0 Å². The van der Waals surface area contributed by atoms with Gasteiger partial charge in [0.1, 0.15) is 5.56 Å². The number of hydrogen-bond donors (Lipinski definition) is 0. The lowest BCUT2D eigenvalue weighted by Gasteiger charge is -2.19. The predicted molar refractivity (Wildman–Crippen MR) is 65.8 cm³/mol. The van der Waals surface area contributed by atoms with Crippen LogP contribution in [-0.4, -0.2) is 21.8 Å². The monoisotopic (exact) mass is 298 g/mol. The summed E-state index contributed by atoms with van der Waals surface area (Å²) in [6, 6.07) is 3.41. The van der Waals surface area contributed by atoms with Crippen molar-refractivity contribution in [2.75, 3.05) is 0 Å². The number of carbonyl (C=O) groups excluding carboxylic acids is 1. The summed E-state index contributed by atoms with van der Waals surface area (Å²) >= 11 is 3.12. The number of rotatable bonds is 2. The Balaban J connectivity index is 2.60. The van der Waals surface area contributed by atoms with Gasteiger partial charge in [0, 0.05) is 12.6 Å². The molecule has 0 bridgehead atoms. The van der Waals surface area contributed by atoms with E-state index in [0.717, 1.165) is 5.56 Å². The average molecular weight is 299 g/mol. The summed E-state index contributed by atoms with van der Waals surface area (Å²) in [6.07, 6.45) is 0. The first-order valence-corrected chi connectivity index (χ1v) is 5.99. The summed E-state index contributed by atoms with van der Waals surface area (Å²) in [6.45, 7) is 4.23. The molecule has 17 heavy (non-hydrogen) atoms. The van der Waals surface area contributed by atoms with Crippen molar-refractivity contribution >= 4 is 27.5 Å². The molecule has 0 spiro atoms. The molecule has 0 fully saturated rings. The standard InChI is InChI=1S/C11H11BrN2O3/c1-6(2)13-5-7-3-4-8(12)10(14(16)17)9(7)11(13)15/h3-4,6H,5H2,1-2H3. The van der Waals surface area contributed by atoms with Gasteiger partial charge < -0.3 is 4.90 Å². The van der Waals surface area contributed by atoms with Gasteiger partial charge >= 0.3 is 0 Å². The maximum absolute atomic E-state index is 12.1. The Bertz CT molecular complexity index is 514. The number of fused-ring (bicyclic) bond motifs is 1. The van der Waals surface area contributed by atoms with Crippen LogP contribution in [-0.2, 0) is 6.54 Å². The highest BCUT2D eigenvalue weighted by Crippen LogP contribution is 2.36.